The second kappa shape index (κ2) is 10.7. The van der Waals surface area contributed by atoms with Gasteiger partial charge in [-0.1, -0.05) is 29.3 Å². The highest BCUT2D eigenvalue weighted by Crippen LogP contribution is 2.26. The number of aryl methyl sites for hydroxylation is 1. The summed E-state index contributed by atoms with van der Waals surface area (Å²) in [5, 5.41) is 2.65. The molecule has 0 aliphatic carbocycles. The first-order chi connectivity index (χ1) is 16.1. The lowest BCUT2D eigenvalue weighted by Crippen LogP contribution is -2.38. The molecule has 0 unspecified atom stereocenters. The Bertz CT molecular complexity index is 1300. The Hall–Kier alpha value is -3.43. The van der Waals surface area contributed by atoms with Crippen LogP contribution < -0.4 is 9.62 Å². The van der Waals surface area contributed by atoms with Crippen molar-refractivity contribution >= 4 is 44.9 Å². The third-order valence-corrected chi connectivity index (χ3v) is 6.87. The number of ether oxygens (including phenoxy) is 1. The van der Waals surface area contributed by atoms with Gasteiger partial charge in [0.05, 0.1) is 33.5 Å². The van der Waals surface area contributed by atoms with E-state index in [1.54, 1.807) is 31.2 Å². The van der Waals surface area contributed by atoms with E-state index in [-0.39, 0.29) is 33.5 Å². The third kappa shape index (κ3) is 5.92. The molecule has 0 heterocycles. The molecule has 0 saturated carbocycles. The minimum Gasteiger partial charge on any atom is -0.462 e. The summed E-state index contributed by atoms with van der Waals surface area (Å²) in [4.78, 5) is 24.5. The van der Waals surface area contributed by atoms with Gasteiger partial charge in [-0.25, -0.2) is 17.6 Å². The molecule has 0 fully saturated rings. The molecular weight excluding hydrogens is 483 g/mol. The number of carbonyl (C=O) groups is 2. The predicted octanol–water partition coefficient (Wildman–Crippen LogP) is 4.80. The molecule has 3 rings (SSSR count). The molecule has 0 bridgehead atoms. The standard InChI is InChI=1S/C24H22ClFN2O5S/c1-3-33-24(30)17-6-13-22(21(25)14-17)27-23(29)15-28(19-9-4-16(2)5-10-19)34(31,32)20-11-7-18(26)8-12-20/h4-14H,3,15H2,1-2H3,(H,27,29). The Morgan fingerprint density at radius 1 is 1.03 bits per heavy atom. The highest BCUT2D eigenvalue weighted by Gasteiger charge is 2.27. The second-order valence-corrected chi connectivity index (χ2v) is 9.53. The first-order valence-corrected chi connectivity index (χ1v) is 12.0. The van der Waals surface area contributed by atoms with Crippen molar-refractivity contribution in [3.05, 3.63) is 88.7 Å². The first-order valence-electron chi connectivity index (χ1n) is 10.2. The summed E-state index contributed by atoms with van der Waals surface area (Å²) in [6.45, 7) is 3.15. The van der Waals surface area contributed by atoms with Crippen LogP contribution in [0.1, 0.15) is 22.8 Å². The van der Waals surface area contributed by atoms with Crippen LogP contribution in [0, 0.1) is 12.7 Å². The van der Waals surface area contributed by atoms with Crippen molar-refractivity contribution in [2.75, 3.05) is 22.8 Å². The minimum atomic E-state index is -4.19. The number of anilines is 2. The number of esters is 1. The van der Waals surface area contributed by atoms with Crippen LogP contribution in [0.4, 0.5) is 15.8 Å². The fourth-order valence-electron chi connectivity index (χ4n) is 3.04. The molecular formula is C24H22ClFN2O5S. The van der Waals surface area contributed by atoms with Gasteiger partial charge in [-0.3, -0.25) is 9.10 Å². The Kier molecular flexibility index (Phi) is 7.90. The topological polar surface area (TPSA) is 92.8 Å². The fraction of sp³-hybridized carbons (Fsp3) is 0.167. The van der Waals surface area contributed by atoms with Crippen LogP contribution in [0.3, 0.4) is 0 Å². The summed E-state index contributed by atoms with van der Waals surface area (Å²) < 4.78 is 45.8. The van der Waals surface area contributed by atoms with E-state index >= 15 is 0 Å². The Morgan fingerprint density at radius 3 is 2.26 bits per heavy atom. The Morgan fingerprint density at radius 2 is 1.68 bits per heavy atom. The van der Waals surface area contributed by atoms with Crippen molar-refractivity contribution < 1.29 is 27.1 Å². The zero-order chi connectivity index (χ0) is 24.9. The van der Waals surface area contributed by atoms with E-state index in [9.17, 15) is 22.4 Å². The molecule has 0 aliphatic heterocycles. The number of benzene rings is 3. The zero-order valence-electron chi connectivity index (χ0n) is 18.4. The van der Waals surface area contributed by atoms with Crippen LogP contribution in [-0.4, -0.2) is 33.4 Å². The highest BCUT2D eigenvalue weighted by molar-refractivity contribution is 7.92. The summed E-state index contributed by atoms with van der Waals surface area (Å²) in [5.74, 6) is -1.81. The molecule has 0 radical (unpaired) electrons. The number of halogens is 2. The molecule has 10 heteroatoms. The number of amides is 1. The van der Waals surface area contributed by atoms with E-state index in [0.29, 0.717) is 0 Å². The van der Waals surface area contributed by atoms with Crippen LogP contribution in [0.5, 0.6) is 0 Å². The van der Waals surface area contributed by atoms with Crippen LogP contribution in [0.2, 0.25) is 5.02 Å². The van der Waals surface area contributed by atoms with Crippen molar-refractivity contribution in [3.8, 4) is 0 Å². The van der Waals surface area contributed by atoms with Crippen LogP contribution in [0.25, 0.3) is 0 Å². The second-order valence-electron chi connectivity index (χ2n) is 7.26. The first kappa shape index (κ1) is 25.2. The average molecular weight is 505 g/mol. The largest absolute Gasteiger partial charge is 0.462 e. The summed E-state index contributed by atoms with van der Waals surface area (Å²) in [5.41, 5.74) is 1.57. The van der Waals surface area contributed by atoms with Gasteiger partial charge in [0.15, 0.2) is 0 Å². The summed E-state index contributed by atoms with van der Waals surface area (Å²) >= 11 is 6.20. The Labute approximate surface area is 202 Å². The third-order valence-electron chi connectivity index (χ3n) is 4.77. The van der Waals surface area contributed by atoms with Gasteiger partial charge in [0.1, 0.15) is 12.4 Å². The molecule has 3 aromatic carbocycles. The molecule has 1 amide bonds. The van der Waals surface area contributed by atoms with E-state index in [4.69, 9.17) is 16.3 Å². The predicted molar refractivity (Wildman–Crippen MR) is 128 cm³/mol. The maximum Gasteiger partial charge on any atom is 0.338 e. The number of hydrogen-bond acceptors (Lipinski definition) is 5. The quantitative estimate of drug-likeness (QED) is 0.445. The molecule has 34 heavy (non-hydrogen) atoms. The van der Waals surface area contributed by atoms with Gasteiger partial charge in [0, 0.05) is 0 Å². The van der Waals surface area contributed by atoms with Gasteiger partial charge in [-0.05, 0) is 68.4 Å². The molecule has 1 N–H and O–H groups in total. The van der Waals surface area contributed by atoms with Gasteiger partial charge in [0.2, 0.25) is 5.91 Å². The van der Waals surface area contributed by atoms with Gasteiger partial charge in [-0.2, -0.15) is 0 Å². The van der Waals surface area contributed by atoms with Gasteiger partial charge in [0.25, 0.3) is 10.0 Å². The molecule has 0 aromatic heterocycles. The molecule has 0 spiro atoms. The minimum absolute atomic E-state index is 0.0854. The maximum absolute atomic E-state index is 13.3. The maximum atomic E-state index is 13.3. The van der Waals surface area contributed by atoms with Gasteiger partial charge in [-0.15, -0.1) is 0 Å². The van der Waals surface area contributed by atoms with Crippen molar-refractivity contribution in [2.24, 2.45) is 0 Å². The number of carbonyl (C=O) groups excluding carboxylic acids is 2. The van der Waals surface area contributed by atoms with Crippen LogP contribution in [-0.2, 0) is 19.6 Å². The number of rotatable bonds is 8. The van der Waals surface area contributed by atoms with Crippen molar-refractivity contribution in [3.63, 3.8) is 0 Å². The van der Waals surface area contributed by atoms with E-state index in [2.05, 4.69) is 5.32 Å². The summed E-state index contributed by atoms with van der Waals surface area (Å²) in [6.07, 6.45) is 0. The van der Waals surface area contributed by atoms with E-state index in [1.165, 1.54) is 18.2 Å². The fourth-order valence-corrected chi connectivity index (χ4v) is 4.69. The van der Waals surface area contributed by atoms with Gasteiger partial charge < -0.3 is 10.1 Å². The van der Waals surface area contributed by atoms with E-state index in [0.717, 1.165) is 34.1 Å². The number of nitrogens with one attached hydrogen (secondary N) is 1. The number of nitrogens with zero attached hydrogens (tertiary/aromatic N) is 1. The monoisotopic (exact) mass is 504 g/mol. The number of sulfonamides is 1. The SMILES string of the molecule is CCOC(=O)c1ccc(NC(=O)CN(c2ccc(C)cc2)S(=O)(=O)c2ccc(F)cc2)c(Cl)c1. The lowest BCUT2D eigenvalue weighted by molar-refractivity contribution is -0.114. The average Bonchev–Trinajstić information content (AvgIpc) is 2.80. The van der Waals surface area contributed by atoms with Crippen LogP contribution in [0.15, 0.2) is 71.6 Å². The number of hydrogen-bond donors (Lipinski definition) is 1. The smallest absolute Gasteiger partial charge is 0.338 e. The van der Waals surface area contributed by atoms with Crippen molar-refractivity contribution in [1.29, 1.82) is 0 Å². The lowest BCUT2D eigenvalue weighted by Gasteiger charge is -2.24. The summed E-state index contributed by atoms with van der Waals surface area (Å²) in [6, 6.07) is 15.1. The van der Waals surface area contributed by atoms with Gasteiger partial charge >= 0.3 is 5.97 Å². The zero-order valence-corrected chi connectivity index (χ0v) is 20.0. The molecule has 0 atom stereocenters. The Balaban J connectivity index is 1.88. The normalized spacial score (nSPS) is 11.1. The highest BCUT2D eigenvalue weighted by atomic mass is 35.5. The van der Waals surface area contributed by atoms with E-state index < -0.39 is 34.3 Å². The summed E-state index contributed by atoms with van der Waals surface area (Å²) in [7, 11) is -4.19. The van der Waals surface area contributed by atoms with Crippen molar-refractivity contribution in [1.82, 2.24) is 0 Å². The lowest BCUT2D eigenvalue weighted by atomic mass is 10.2. The molecule has 178 valence electrons. The molecule has 3 aromatic rings. The van der Waals surface area contributed by atoms with Crippen molar-refractivity contribution in [2.45, 2.75) is 18.7 Å². The van der Waals surface area contributed by atoms with E-state index in [1.807, 2.05) is 6.92 Å². The molecule has 0 aliphatic rings. The molecule has 0 saturated heterocycles. The van der Waals surface area contributed by atoms with Crippen LogP contribution >= 0.6 is 11.6 Å². The molecule has 7 nitrogen and oxygen atoms in total.